The predicted octanol–water partition coefficient (Wildman–Crippen LogP) is 2.99. The number of phenolic OH excluding ortho intramolecular Hbond substituents is 1. The minimum Gasteiger partial charge on any atom is -0.506 e. The van der Waals surface area contributed by atoms with Crippen molar-refractivity contribution in [3.8, 4) is 5.75 Å². The van der Waals surface area contributed by atoms with Gasteiger partial charge in [-0.1, -0.05) is 11.6 Å². The molecule has 80 valence electrons. The van der Waals surface area contributed by atoms with E-state index in [1.807, 2.05) is 0 Å². The van der Waals surface area contributed by atoms with Crippen LogP contribution in [-0.2, 0) is 9.53 Å². The van der Waals surface area contributed by atoms with Crippen LogP contribution in [0.5, 0.6) is 5.75 Å². The molecule has 0 spiro atoms. The fraction of sp³-hybridized carbons (Fsp3) is 0.100. The molecule has 0 fully saturated rings. The Bertz CT molecular complexity index is 415. The van der Waals surface area contributed by atoms with Crippen molar-refractivity contribution in [2.75, 3.05) is 7.11 Å². The summed E-state index contributed by atoms with van der Waals surface area (Å²) in [6, 6.07) is 3.10. The van der Waals surface area contributed by atoms with Crippen LogP contribution in [-0.4, -0.2) is 18.2 Å². The number of hydrogen-bond donors (Lipinski definition) is 1. The van der Waals surface area contributed by atoms with Crippen LogP contribution in [0.2, 0.25) is 5.02 Å². The normalized spacial score (nSPS) is 10.6. The molecule has 0 bridgehead atoms. The van der Waals surface area contributed by atoms with E-state index in [1.165, 1.54) is 19.3 Å². The Labute approximate surface area is 100 Å². The molecule has 0 atom stereocenters. The fourth-order valence-corrected chi connectivity index (χ4v) is 1.77. The topological polar surface area (TPSA) is 46.5 Å². The Hall–Kier alpha value is -1.00. The number of halogens is 2. The van der Waals surface area contributed by atoms with Gasteiger partial charge in [-0.25, -0.2) is 4.79 Å². The third-order valence-electron chi connectivity index (χ3n) is 1.66. The molecule has 5 heteroatoms. The Morgan fingerprint density at radius 2 is 2.27 bits per heavy atom. The van der Waals surface area contributed by atoms with Gasteiger partial charge >= 0.3 is 5.97 Å². The highest BCUT2D eigenvalue weighted by molar-refractivity contribution is 9.10. The van der Waals surface area contributed by atoms with Gasteiger partial charge in [-0.2, -0.15) is 0 Å². The monoisotopic (exact) mass is 290 g/mol. The number of hydrogen-bond acceptors (Lipinski definition) is 3. The van der Waals surface area contributed by atoms with Gasteiger partial charge in [-0.3, -0.25) is 0 Å². The Morgan fingerprint density at radius 3 is 2.87 bits per heavy atom. The molecule has 0 amide bonds. The number of methoxy groups -OCH3 is 1. The summed E-state index contributed by atoms with van der Waals surface area (Å²) in [5.74, 6) is -0.468. The summed E-state index contributed by atoms with van der Waals surface area (Å²) < 4.78 is 4.89. The minimum atomic E-state index is -0.495. The van der Waals surface area contributed by atoms with Crippen molar-refractivity contribution in [2.45, 2.75) is 0 Å². The summed E-state index contributed by atoms with van der Waals surface area (Å²) in [5.41, 5.74) is 0.444. The fourth-order valence-electron chi connectivity index (χ4n) is 0.939. The van der Waals surface area contributed by atoms with Crippen LogP contribution < -0.4 is 0 Å². The summed E-state index contributed by atoms with van der Waals surface area (Å²) >= 11 is 8.92. The van der Waals surface area contributed by atoms with Gasteiger partial charge < -0.3 is 9.84 Å². The SMILES string of the molecule is COC(=O)C=Cc1cc(Cl)cc(Br)c1O. The second-order valence-corrected chi connectivity index (χ2v) is 3.97. The predicted molar refractivity (Wildman–Crippen MR) is 61.9 cm³/mol. The summed E-state index contributed by atoms with van der Waals surface area (Å²) in [7, 11) is 1.28. The maximum absolute atomic E-state index is 10.8. The third kappa shape index (κ3) is 3.25. The highest BCUT2D eigenvalue weighted by Gasteiger charge is 2.05. The molecule has 0 aromatic heterocycles. The first-order valence-corrected chi connectivity index (χ1v) is 5.15. The van der Waals surface area contributed by atoms with E-state index in [-0.39, 0.29) is 5.75 Å². The van der Waals surface area contributed by atoms with Gasteiger partial charge in [0.25, 0.3) is 0 Å². The number of aromatic hydroxyl groups is 1. The molecule has 1 N–H and O–H groups in total. The van der Waals surface area contributed by atoms with E-state index >= 15 is 0 Å². The van der Waals surface area contributed by atoms with Crippen LogP contribution >= 0.6 is 27.5 Å². The molecule has 0 heterocycles. The third-order valence-corrected chi connectivity index (χ3v) is 2.48. The Balaban J connectivity index is 3.04. The average molecular weight is 292 g/mol. The number of ether oxygens (including phenoxy) is 1. The van der Waals surface area contributed by atoms with Crippen LogP contribution in [0.4, 0.5) is 0 Å². The second-order valence-electron chi connectivity index (χ2n) is 2.68. The zero-order chi connectivity index (χ0) is 11.4. The number of carbonyl (C=O) groups excluding carboxylic acids is 1. The number of esters is 1. The molecule has 15 heavy (non-hydrogen) atoms. The van der Waals surface area contributed by atoms with Crippen LogP contribution in [0, 0.1) is 0 Å². The molecule has 0 saturated heterocycles. The number of phenols is 1. The van der Waals surface area contributed by atoms with Crippen molar-refractivity contribution in [1.29, 1.82) is 0 Å². The first-order chi connectivity index (χ1) is 7.04. The smallest absolute Gasteiger partial charge is 0.330 e. The maximum atomic E-state index is 10.8. The molecule has 0 radical (unpaired) electrons. The van der Waals surface area contributed by atoms with E-state index in [9.17, 15) is 9.90 Å². The van der Waals surface area contributed by atoms with E-state index in [0.29, 0.717) is 15.1 Å². The highest BCUT2D eigenvalue weighted by atomic mass is 79.9. The lowest BCUT2D eigenvalue weighted by molar-refractivity contribution is -0.134. The lowest BCUT2D eigenvalue weighted by atomic mass is 10.2. The van der Waals surface area contributed by atoms with E-state index in [2.05, 4.69) is 20.7 Å². The second kappa shape index (κ2) is 5.19. The van der Waals surface area contributed by atoms with Crippen molar-refractivity contribution in [3.05, 3.63) is 33.3 Å². The quantitative estimate of drug-likeness (QED) is 0.673. The molecule has 1 aromatic rings. The zero-order valence-corrected chi connectivity index (χ0v) is 10.2. The lowest BCUT2D eigenvalue weighted by Crippen LogP contribution is -1.93. The van der Waals surface area contributed by atoms with E-state index in [0.717, 1.165) is 0 Å². The van der Waals surface area contributed by atoms with Gasteiger partial charge in [0.2, 0.25) is 0 Å². The standard InChI is InChI=1S/C10H8BrClO3/c1-15-9(13)3-2-6-4-7(12)5-8(11)10(6)14/h2-5,14H,1H3. The van der Waals surface area contributed by atoms with Gasteiger partial charge in [0.05, 0.1) is 11.6 Å². The molecule has 0 aliphatic carbocycles. The first-order valence-electron chi connectivity index (χ1n) is 3.98. The number of rotatable bonds is 2. The lowest BCUT2D eigenvalue weighted by Gasteiger charge is -2.02. The Kier molecular flexibility index (Phi) is 4.17. The number of carbonyl (C=O) groups is 1. The molecule has 0 saturated carbocycles. The molecule has 3 nitrogen and oxygen atoms in total. The van der Waals surface area contributed by atoms with Crippen molar-refractivity contribution in [2.24, 2.45) is 0 Å². The Morgan fingerprint density at radius 1 is 1.60 bits per heavy atom. The molecular weight excluding hydrogens is 283 g/mol. The van der Waals surface area contributed by atoms with Gasteiger partial charge in [0.1, 0.15) is 5.75 Å². The van der Waals surface area contributed by atoms with Crippen LogP contribution in [0.15, 0.2) is 22.7 Å². The molecule has 1 rings (SSSR count). The largest absolute Gasteiger partial charge is 0.506 e. The molecule has 0 aliphatic heterocycles. The molecular formula is C10H8BrClO3. The van der Waals surface area contributed by atoms with Crippen LogP contribution in [0.25, 0.3) is 6.08 Å². The van der Waals surface area contributed by atoms with E-state index < -0.39 is 5.97 Å². The molecule has 0 unspecified atom stereocenters. The first kappa shape index (κ1) is 12.1. The van der Waals surface area contributed by atoms with Crippen LogP contribution in [0.1, 0.15) is 5.56 Å². The highest BCUT2D eigenvalue weighted by Crippen LogP contribution is 2.32. The van der Waals surface area contributed by atoms with Gasteiger partial charge in [-0.15, -0.1) is 0 Å². The van der Waals surface area contributed by atoms with Crippen molar-refractivity contribution >= 4 is 39.6 Å². The van der Waals surface area contributed by atoms with Gasteiger partial charge in [0, 0.05) is 16.7 Å². The summed E-state index contributed by atoms with van der Waals surface area (Å²) in [5, 5.41) is 10.1. The summed E-state index contributed by atoms with van der Waals surface area (Å²) in [4.78, 5) is 10.8. The number of benzene rings is 1. The van der Waals surface area contributed by atoms with Crippen molar-refractivity contribution in [3.63, 3.8) is 0 Å². The van der Waals surface area contributed by atoms with Crippen molar-refractivity contribution in [1.82, 2.24) is 0 Å². The maximum Gasteiger partial charge on any atom is 0.330 e. The van der Waals surface area contributed by atoms with E-state index in [1.54, 1.807) is 12.1 Å². The minimum absolute atomic E-state index is 0.0274. The van der Waals surface area contributed by atoms with Crippen molar-refractivity contribution < 1.29 is 14.6 Å². The summed E-state index contributed by atoms with van der Waals surface area (Å²) in [6.45, 7) is 0. The van der Waals surface area contributed by atoms with E-state index in [4.69, 9.17) is 11.6 Å². The summed E-state index contributed by atoms with van der Waals surface area (Å²) in [6.07, 6.45) is 2.63. The zero-order valence-electron chi connectivity index (χ0n) is 7.83. The van der Waals surface area contributed by atoms with Crippen LogP contribution in [0.3, 0.4) is 0 Å². The van der Waals surface area contributed by atoms with Gasteiger partial charge in [0.15, 0.2) is 0 Å². The van der Waals surface area contributed by atoms with Gasteiger partial charge in [-0.05, 0) is 34.1 Å². The average Bonchev–Trinajstić information content (AvgIpc) is 2.20. The molecule has 0 aliphatic rings. The molecule has 1 aromatic carbocycles.